The van der Waals surface area contributed by atoms with Crippen molar-refractivity contribution in [2.75, 3.05) is 109 Å². The molecule has 0 aromatic carbocycles. The minimum atomic E-state index is -3.17. The zero-order valence-electron chi connectivity index (χ0n) is 17.6. The van der Waals surface area contributed by atoms with Gasteiger partial charge in [0, 0.05) is 26.2 Å². The Morgan fingerprint density at radius 3 is 0.800 bits per heavy atom. The second-order valence-electron chi connectivity index (χ2n) is 7.11. The van der Waals surface area contributed by atoms with Crippen molar-refractivity contribution >= 4 is 9.05 Å². The molecule has 8 nitrogen and oxygen atoms in total. The zero-order chi connectivity index (χ0) is 19.3. The van der Waals surface area contributed by atoms with Crippen molar-refractivity contribution in [3.05, 3.63) is 0 Å². The van der Waals surface area contributed by atoms with Crippen LogP contribution in [0.15, 0.2) is 0 Å². The highest BCUT2D eigenvalue weighted by Crippen LogP contribution is 2.13. The van der Waals surface area contributed by atoms with Crippen molar-refractivity contribution in [3.63, 3.8) is 0 Å². The lowest BCUT2D eigenvalue weighted by molar-refractivity contribution is -0.0417. The number of hydrogen-bond donors (Lipinski definition) is 0. The highest BCUT2D eigenvalue weighted by molar-refractivity contribution is 6.53. The van der Waals surface area contributed by atoms with Crippen molar-refractivity contribution < 1.29 is 17.7 Å². The Morgan fingerprint density at radius 1 is 0.440 bits per heavy atom. The third kappa shape index (κ3) is 14.7. The SMILES string of the molecule is CN(C)CCO[Si](OCCN(C)C)(OCCN(C)C)OCCN(C)C. The maximum absolute atomic E-state index is 6.06. The number of hydrogen-bond acceptors (Lipinski definition) is 8. The van der Waals surface area contributed by atoms with E-state index in [9.17, 15) is 0 Å². The molecule has 152 valence electrons. The molecule has 0 fully saturated rings. The Hall–Kier alpha value is -0.103. The van der Waals surface area contributed by atoms with Gasteiger partial charge in [-0.2, -0.15) is 0 Å². The summed E-state index contributed by atoms with van der Waals surface area (Å²) in [7, 11) is 12.9. The molecule has 0 unspecified atom stereocenters. The molecule has 0 heterocycles. The van der Waals surface area contributed by atoms with Crippen LogP contribution >= 0.6 is 0 Å². The molecule has 0 aromatic heterocycles. The van der Waals surface area contributed by atoms with Crippen molar-refractivity contribution in [1.29, 1.82) is 0 Å². The van der Waals surface area contributed by atoms with Gasteiger partial charge in [0.2, 0.25) is 0 Å². The van der Waals surface area contributed by atoms with Gasteiger partial charge in [-0.1, -0.05) is 0 Å². The Balaban J connectivity index is 4.85. The van der Waals surface area contributed by atoms with Gasteiger partial charge in [0.05, 0.1) is 26.4 Å². The Bertz CT molecular complexity index is 259. The fourth-order valence-corrected chi connectivity index (χ4v) is 3.53. The summed E-state index contributed by atoms with van der Waals surface area (Å²) in [5.41, 5.74) is 0. The van der Waals surface area contributed by atoms with Crippen LogP contribution in [0.1, 0.15) is 0 Å². The molecule has 0 aliphatic rings. The highest BCUT2D eigenvalue weighted by atomic mass is 28.4. The lowest BCUT2D eigenvalue weighted by Gasteiger charge is -2.30. The smallest absolute Gasteiger partial charge is 0.350 e. The molecular weight excluding hydrogens is 340 g/mol. The summed E-state index contributed by atoms with van der Waals surface area (Å²) in [6.45, 7) is 5.24. The Kier molecular flexibility index (Phi) is 14.0. The first-order chi connectivity index (χ1) is 11.7. The topological polar surface area (TPSA) is 49.9 Å². The van der Waals surface area contributed by atoms with Gasteiger partial charge < -0.3 is 37.3 Å². The quantitative estimate of drug-likeness (QED) is 0.339. The van der Waals surface area contributed by atoms with Crippen LogP contribution in [0.3, 0.4) is 0 Å². The van der Waals surface area contributed by atoms with E-state index in [0.717, 1.165) is 26.2 Å². The number of likely N-dealkylation sites (N-methyl/N-ethyl adjacent to an activating group) is 4. The molecule has 0 saturated carbocycles. The van der Waals surface area contributed by atoms with Crippen molar-refractivity contribution in [2.24, 2.45) is 0 Å². The number of nitrogens with zero attached hydrogens (tertiary/aromatic N) is 4. The van der Waals surface area contributed by atoms with Crippen molar-refractivity contribution in [1.82, 2.24) is 19.6 Å². The maximum atomic E-state index is 6.06. The van der Waals surface area contributed by atoms with E-state index in [-0.39, 0.29) is 0 Å². The van der Waals surface area contributed by atoms with E-state index in [0.29, 0.717) is 26.4 Å². The third-order valence-electron chi connectivity index (χ3n) is 3.27. The van der Waals surface area contributed by atoms with Gasteiger partial charge in [-0.15, -0.1) is 0 Å². The van der Waals surface area contributed by atoms with Gasteiger partial charge in [-0.3, -0.25) is 0 Å². The van der Waals surface area contributed by atoms with E-state index in [1.807, 2.05) is 56.4 Å². The average Bonchev–Trinajstić information content (AvgIpc) is 2.45. The molecule has 0 aliphatic heterocycles. The van der Waals surface area contributed by atoms with E-state index < -0.39 is 9.05 Å². The molecule has 0 spiro atoms. The van der Waals surface area contributed by atoms with Gasteiger partial charge >= 0.3 is 9.05 Å². The molecular formula is C16H40N4O4Si. The van der Waals surface area contributed by atoms with Gasteiger partial charge in [0.15, 0.2) is 0 Å². The minimum absolute atomic E-state index is 0.519. The first-order valence-corrected chi connectivity index (χ1v) is 10.4. The summed E-state index contributed by atoms with van der Waals surface area (Å²) in [5, 5.41) is 0. The first-order valence-electron chi connectivity index (χ1n) is 8.81. The standard InChI is InChI=1S/C16H40N4O4Si/c1-17(2)9-13-21-25(22-14-10-18(3)4,23-15-11-19(5)6)24-16-12-20(7)8/h9-16H2,1-8H3. The molecule has 0 rings (SSSR count). The van der Waals surface area contributed by atoms with Gasteiger partial charge in [0.1, 0.15) is 0 Å². The monoisotopic (exact) mass is 380 g/mol. The summed E-state index contributed by atoms with van der Waals surface area (Å²) in [6.07, 6.45) is 0. The van der Waals surface area contributed by atoms with Crippen LogP contribution in [-0.2, 0) is 17.7 Å². The molecule has 0 bridgehead atoms. The van der Waals surface area contributed by atoms with E-state index in [4.69, 9.17) is 17.7 Å². The molecule has 0 N–H and O–H groups in total. The fourth-order valence-electron chi connectivity index (χ4n) is 1.66. The zero-order valence-corrected chi connectivity index (χ0v) is 18.6. The van der Waals surface area contributed by atoms with Crippen LogP contribution in [0, 0.1) is 0 Å². The average molecular weight is 381 g/mol. The number of rotatable bonds is 16. The molecule has 0 radical (unpaired) electrons. The van der Waals surface area contributed by atoms with Gasteiger partial charge in [-0.05, 0) is 56.4 Å². The maximum Gasteiger partial charge on any atom is 0.679 e. The predicted molar refractivity (Wildman–Crippen MR) is 104 cm³/mol. The lowest BCUT2D eigenvalue weighted by atomic mass is 10.6. The van der Waals surface area contributed by atoms with E-state index in [1.54, 1.807) is 0 Å². The summed E-state index contributed by atoms with van der Waals surface area (Å²) >= 11 is 0. The first kappa shape index (κ1) is 24.9. The van der Waals surface area contributed by atoms with Crippen LogP contribution in [0.2, 0.25) is 0 Å². The van der Waals surface area contributed by atoms with Crippen LogP contribution in [0.5, 0.6) is 0 Å². The van der Waals surface area contributed by atoms with Crippen LogP contribution < -0.4 is 0 Å². The Morgan fingerprint density at radius 2 is 0.640 bits per heavy atom. The van der Waals surface area contributed by atoms with Crippen LogP contribution in [0.25, 0.3) is 0 Å². The summed E-state index contributed by atoms with van der Waals surface area (Å²) in [6, 6.07) is 0. The molecule has 25 heavy (non-hydrogen) atoms. The normalized spacial score (nSPS) is 13.0. The fraction of sp³-hybridized carbons (Fsp3) is 1.00. The highest BCUT2D eigenvalue weighted by Gasteiger charge is 2.45. The van der Waals surface area contributed by atoms with Crippen LogP contribution in [-0.4, -0.2) is 138 Å². The largest absolute Gasteiger partial charge is 0.679 e. The van der Waals surface area contributed by atoms with E-state index >= 15 is 0 Å². The second-order valence-corrected chi connectivity index (χ2v) is 9.26. The Labute approximate surface area is 156 Å². The van der Waals surface area contributed by atoms with Crippen LogP contribution in [0.4, 0.5) is 0 Å². The lowest BCUT2D eigenvalue weighted by Crippen LogP contribution is -2.52. The van der Waals surface area contributed by atoms with E-state index in [2.05, 4.69) is 19.6 Å². The molecule has 0 atom stereocenters. The molecule has 9 heteroatoms. The summed E-state index contributed by atoms with van der Waals surface area (Å²) in [4.78, 5) is 8.27. The second kappa shape index (κ2) is 14.0. The molecule has 0 saturated heterocycles. The van der Waals surface area contributed by atoms with Gasteiger partial charge in [-0.25, -0.2) is 0 Å². The molecule has 0 amide bonds. The third-order valence-corrected chi connectivity index (χ3v) is 5.50. The molecule has 0 aromatic rings. The van der Waals surface area contributed by atoms with Crippen molar-refractivity contribution in [2.45, 2.75) is 0 Å². The van der Waals surface area contributed by atoms with Crippen molar-refractivity contribution in [3.8, 4) is 0 Å². The predicted octanol–water partition coefficient (Wildman–Crippen LogP) is -0.265. The van der Waals surface area contributed by atoms with E-state index in [1.165, 1.54) is 0 Å². The molecule has 0 aliphatic carbocycles. The summed E-state index contributed by atoms with van der Waals surface area (Å²) in [5.74, 6) is 0. The van der Waals surface area contributed by atoms with Gasteiger partial charge in [0.25, 0.3) is 0 Å². The summed E-state index contributed by atoms with van der Waals surface area (Å²) < 4.78 is 24.2. The minimum Gasteiger partial charge on any atom is -0.350 e.